The summed E-state index contributed by atoms with van der Waals surface area (Å²) in [6.07, 6.45) is -1.91. The molecule has 0 aromatic rings. The van der Waals surface area contributed by atoms with Gasteiger partial charge in [0, 0.05) is 0 Å². The quantitative estimate of drug-likeness (QED) is 0.543. The summed E-state index contributed by atoms with van der Waals surface area (Å²) in [5, 5.41) is 19.6. The van der Waals surface area contributed by atoms with Crippen molar-refractivity contribution in [3.63, 3.8) is 0 Å². The van der Waals surface area contributed by atoms with Gasteiger partial charge in [0.1, 0.15) is 5.57 Å². The van der Waals surface area contributed by atoms with Gasteiger partial charge in [-0.1, -0.05) is 0 Å². The minimum Gasteiger partial charge on any atom is -0.546 e. The summed E-state index contributed by atoms with van der Waals surface area (Å²) in [5.41, 5.74) is -0.734. The summed E-state index contributed by atoms with van der Waals surface area (Å²) in [6, 6.07) is 0. The van der Waals surface area contributed by atoms with Crippen LogP contribution >= 0.6 is 0 Å². The normalized spacial score (nSPS) is 20.1. The molecule has 0 aromatic heterocycles. The first-order valence-electron chi connectivity index (χ1n) is 4.01. The van der Waals surface area contributed by atoms with Gasteiger partial charge < -0.3 is 24.5 Å². The Labute approximate surface area is 83.9 Å². The number of ether oxygens (including phenoxy) is 2. The number of esters is 2. The second kappa shape index (κ2) is 3.99. The highest BCUT2D eigenvalue weighted by Crippen LogP contribution is 2.21. The van der Waals surface area contributed by atoms with Gasteiger partial charge in [0.15, 0.2) is 6.10 Å². The third-order valence-electron chi connectivity index (χ3n) is 1.64. The molecular formula is C8H7O7-. The maximum absolute atomic E-state index is 11.2. The third kappa shape index (κ3) is 1.90. The first kappa shape index (κ1) is 11.0. The van der Waals surface area contributed by atoms with E-state index in [1.54, 1.807) is 0 Å². The molecule has 1 aliphatic heterocycles. The SMILES string of the molecule is CCOC(=O)C1=C(O)C(=O)OC1C(=O)[O-]. The summed E-state index contributed by atoms with van der Waals surface area (Å²) in [7, 11) is 0. The molecule has 15 heavy (non-hydrogen) atoms. The van der Waals surface area contributed by atoms with Gasteiger partial charge in [-0.05, 0) is 6.92 Å². The van der Waals surface area contributed by atoms with E-state index in [1.807, 2.05) is 0 Å². The molecule has 1 atom stereocenters. The van der Waals surface area contributed by atoms with E-state index in [2.05, 4.69) is 9.47 Å². The Kier molecular flexibility index (Phi) is 2.93. The molecule has 82 valence electrons. The van der Waals surface area contributed by atoms with Crippen molar-refractivity contribution >= 4 is 17.9 Å². The van der Waals surface area contributed by atoms with Gasteiger partial charge in [-0.15, -0.1) is 0 Å². The zero-order valence-corrected chi connectivity index (χ0v) is 7.68. The lowest BCUT2D eigenvalue weighted by Crippen LogP contribution is -2.39. The number of hydrogen-bond acceptors (Lipinski definition) is 7. The highest BCUT2D eigenvalue weighted by molar-refractivity contribution is 6.07. The number of aliphatic carboxylic acids is 1. The molecule has 0 aromatic carbocycles. The number of cyclic esters (lactones) is 1. The molecule has 0 bridgehead atoms. The second-order valence-corrected chi connectivity index (χ2v) is 2.59. The highest BCUT2D eigenvalue weighted by atomic mass is 16.6. The van der Waals surface area contributed by atoms with Crippen LogP contribution in [0.25, 0.3) is 0 Å². The molecule has 1 aliphatic rings. The lowest BCUT2D eigenvalue weighted by atomic mass is 10.1. The van der Waals surface area contributed by atoms with Crippen molar-refractivity contribution in [1.82, 2.24) is 0 Å². The van der Waals surface area contributed by atoms with Crippen molar-refractivity contribution in [2.45, 2.75) is 13.0 Å². The fraction of sp³-hybridized carbons (Fsp3) is 0.375. The number of carbonyl (C=O) groups is 3. The fourth-order valence-electron chi connectivity index (χ4n) is 1.03. The van der Waals surface area contributed by atoms with Crippen LogP contribution in [0.5, 0.6) is 0 Å². The minimum absolute atomic E-state index is 0.0242. The Morgan fingerprint density at radius 2 is 2.20 bits per heavy atom. The zero-order chi connectivity index (χ0) is 11.6. The zero-order valence-electron chi connectivity index (χ0n) is 7.68. The van der Waals surface area contributed by atoms with Gasteiger partial charge in [0.05, 0.1) is 12.6 Å². The van der Waals surface area contributed by atoms with Gasteiger partial charge >= 0.3 is 11.9 Å². The van der Waals surface area contributed by atoms with E-state index in [9.17, 15) is 19.5 Å². The lowest BCUT2D eigenvalue weighted by molar-refractivity contribution is -0.313. The maximum atomic E-state index is 11.2. The summed E-state index contributed by atoms with van der Waals surface area (Å²) in [5.74, 6) is -5.25. The number of carbonyl (C=O) groups excluding carboxylic acids is 3. The topological polar surface area (TPSA) is 113 Å². The highest BCUT2D eigenvalue weighted by Gasteiger charge is 2.40. The lowest BCUT2D eigenvalue weighted by Gasteiger charge is -2.12. The largest absolute Gasteiger partial charge is 0.546 e. The average molecular weight is 215 g/mol. The van der Waals surface area contributed by atoms with Gasteiger partial charge in [-0.2, -0.15) is 0 Å². The molecule has 1 N–H and O–H groups in total. The molecule has 0 amide bonds. The van der Waals surface area contributed by atoms with Crippen molar-refractivity contribution in [2.75, 3.05) is 6.61 Å². The molecule has 0 radical (unpaired) electrons. The first-order valence-corrected chi connectivity index (χ1v) is 4.01. The van der Waals surface area contributed by atoms with Crippen molar-refractivity contribution in [2.24, 2.45) is 0 Å². The van der Waals surface area contributed by atoms with E-state index in [0.717, 1.165) is 0 Å². The molecule has 0 saturated carbocycles. The van der Waals surface area contributed by atoms with E-state index in [1.165, 1.54) is 6.92 Å². The monoisotopic (exact) mass is 215 g/mol. The molecule has 1 heterocycles. The summed E-state index contributed by atoms with van der Waals surface area (Å²) < 4.78 is 8.63. The Morgan fingerprint density at radius 3 is 2.67 bits per heavy atom. The van der Waals surface area contributed by atoms with Gasteiger partial charge in [0.2, 0.25) is 5.76 Å². The Bertz CT molecular complexity index is 354. The number of rotatable bonds is 3. The van der Waals surface area contributed by atoms with Crippen molar-refractivity contribution in [1.29, 1.82) is 0 Å². The van der Waals surface area contributed by atoms with Gasteiger partial charge in [-0.3, -0.25) is 0 Å². The summed E-state index contributed by atoms with van der Waals surface area (Å²) in [4.78, 5) is 32.4. The number of carboxylic acid groups (broad SMARTS) is 1. The maximum Gasteiger partial charge on any atom is 0.375 e. The first-order chi connectivity index (χ1) is 6.99. The van der Waals surface area contributed by atoms with Crippen LogP contribution in [0.15, 0.2) is 11.3 Å². The van der Waals surface area contributed by atoms with Crippen LogP contribution in [-0.4, -0.2) is 35.7 Å². The van der Waals surface area contributed by atoms with Crippen LogP contribution in [0, 0.1) is 0 Å². The molecule has 1 unspecified atom stereocenters. The minimum atomic E-state index is -1.91. The number of aliphatic hydroxyl groups is 1. The molecule has 1 rings (SSSR count). The smallest absolute Gasteiger partial charge is 0.375 e. The van der Waals surface area contributed by atoms with Crippen LogP contribution < -0.4 is 5.11 Å². The van der Waals surface area contributed by atoms with E-state index in [-0.39, 0.29) is 6.61 Å². The van der Waals surface area contributed by atoms with Gasteiger partial charge in [-0.25, -0.2) is 9.59 Å². The summed E-state index contributed by atoms with van der Waals surface area (Å²) in [6.45, 7) is 1.46. The number of hydrogen-bond donors (Lipinski definition) is 1. The van der Waals surface area contributed by atoms with Crippen LogP contribution in [0.4, 0.5) is 0 Å². The molecular weight excluding hydrogens is 208 g/mol. The van der Waals surface area contributed by atoms with Crippen molar-refractivity contribution in [3.05, 3.63) is 11.3 Å². The molecule has 0 spiro atoms. The van der Waals surface area contributed by atoms with Crippen LogP contribution in [0.2, 0.25) is 0 Å². The molecule has 0 aliphatic carbocycles. The van der Waals surface area contributed by atoms with E-state index >= 15 is 0 Å². The predicted octanol–water partition coefficient (Wildman–Crippen LogP) is -1.96. The number of aliphatic hydroxyl groups excluding tert-OH is 1. The second-order valence-electron chi connectivity index (χ2n) is 2.59. The van der Waals surface area contributed by atoms with E-state index < -0.39 is 35.3 Å². The Balaban J connectivity index is 3.03. The third-order valence-corrected chi connectivity index (χ3v) is 1.64. The van der Waals surface area contributed by atoms with Crippen LogP contribution in [0.3, 0.4) is 0 Å². The standard InChI is InChI=1S/C8H8O7/c1-2-14-7(12)3-4(9)8(13)15-5(3)6(10)11/h5,9H,2H2,1H3,(H,10,11)/p-1. The van der Waals surface area contributed by atoms with E-state index in [0.29, 0.717) is 0 Å². The van der Waals surface area contributed by atoms with Gasteiger partial charge in [0.25, 0.3) is 0 Å². The van der Waals surface area contributed by atoms with Crippen molar-refractivity contribution in [3.8, 4) is 0 Å². The molecule has 0 saturated heterocycles. The average Bonchev–Trinajstić information content (AvgIpc) is 2.44. The fourth-order valence-corrected chi connectivity index (χ4v) is 1.03. The summed E-state index contributed by atoms with van der Waals surface area (Å²) >= 11 is 0. The van der Waals surface area contributed by atoms with Crippen molar-refractivity contribution < 1.29 is 34.1 Å². The number of carboxylic acids is 1. The Morgan fingerprint density at radius 1 is 1.60 bits per heavy atom. The molecule has 0 fully saturated rings. The molecule has 7 nitrogen and oxygen atoms in total. The molecule has 7 heteroatoms. The predicted molar refractivity (Wildman–Crippen MR) is 41.2 cm³/mol. The van der Waals surface area contributed by atoms with E-state index in [4.69, 9.17) is 5.11 Å². The Hall–Kier alpha value is -2.05. The van der Waals surface area contributed by atoms with Crippen LogP contribution in [0.1, 0.15) is 6.92 Å². The van der Waals surface area contributed by atoms with Crippen LogP contribution in [-0.2, 0) is 23.9 Å².